The van der Waals surface area contributed by atoms with Crippen LogP contribution in [0.5, 0.6) is 0 Å². The molecule has 5 heteroatoms. The molecule has 0 radical (unpaired) electrons. The standard InChI is InChI=1S/C13H17NO3S/c1-12(2)8-17-13(3,18-9-12)10-4-6-11(7-5-10)14(15)16/h4-7H,8-9H2,1-3H3/t13-/m0/s1. The van der Waals surface area contributed by atoms with E-state index in [4.69, 9.17) is 4.74 Å². The van der Waals surface area contributed by atoms with Gasteiger partial charge in [-0.05, 0) is 30.0 Å². The Morgan fingerprint density at radius 1 is 1.28 bits per heavy atom. The SMILES string of the molecule is CC1(C)CO[C@](C)(c2ccc([N+](=O)[O-])cc2)SC1. The number of nitro benzene ring substituents is 1. The van der Waals surface area contributed by atoms with Gasteiger partial charge in [0.2, 0.25) is 0 Å². The van der Waals surface area contributed by atoms with E-state index < -0.39 is 4.93 Å². The van der Waals surface area contributed by atoms with Gasteiger partial charge >= 0.3 is 0 Å². The molecule has 1 fully saturated rings. The van der Waals surface area contributed by atoms with Crippen LogP contribution in [0.2, 0.25) is 0 Å². The fraction of sp³-hybridized carbons (Fsp3) is 0.538. The highest BCUT2D eigenvalue weighted by Crippen LogP contribution is 2.45. The highest BCUT2D eigenvalue weighted by atomic mass is 32.2. The van der Waals surface area contributed by atoms with E-state index in [2.05, 4.69) is 13.8 Å². The van der Waals surface area contributed by atoms with Crippen molar-refractivity contribution in [2.75, 3.05) is 12.4 Å². The molecule has 4 nitrogen and oxygen atoms in total. The molecule has 1 aromatic carbocycles. The molecule has 0 unspecified atom stereocenters. The third-order valence-electron chi connectivity index (χ3n) is 3.08. The lowest BCUT2D eigenvalue weighted by molar-refractivity contribution is -0.384. The van der Waals surface area contributed by atoms with Gasteiger partial charge in [-0.3, -0.25) is 10.1 Å². The molecule has 1 aromatic rings. The fourth-order valence-electron chi connectivity index (χ4n) is 1.80. The molecule has 0 spiro atoms. The fourth-order valence-corrected chi connectivity index (χ4v) is 3.00. The zero-order valence-electron chi connectivity index (χ0n) is 10.8. The third-order valence-corrected chi connectivity index (χ3v) is 4.91. The molecule has 1 atom stereocenters. The summed E-state index contributed by atoms with van der Waals surface area (Å²) in [6.45, 7) is 7.08. The van der Waals surface area contributed by atoms with E-state index in [1.54, 1.807) is 23.9 Å². The second kappa shape index (κ2) is 4.55. The van der Waals surface area contributed by atoms with Crippen molar-refractivity contribution in [3.63, 3.8) is 0 Å². The number of nitrogens with zero attached hydrogens (tertiary/aromatic N) is 1. The van der Waals surface area contributed by atoms with Crippen molar-refractivity contribution in [1.29, 1.82) is 0 Å². The minimum absolute atomic E-state index is 0.114. The van der Waals surface area contributed by atoms with Crippen LogP contribution in [0.3, 0.4) is 0 Å². The normalized spacial score (nSPS) is 26.8. The second-order valence-electron chi connectivity index (χ2n) is 5.49. The van der Waals surface area contributed by atoms with Gasteiger partial charge in [-0.2, -0.15) is 0 Å². The average Bonchev–Trinajstić information content (AvgIpc) is 2.34. The largest absolute Gasteiger partial charge is 0.360 e. The number of thioether (sulfide) groups is 1. The Balaban J connectivity index is 2.18. The second-order valence-corrected chi connectivity index (χ2v) is 6.85. The Morgan fingerprint density at radius 3 is 2.33 bits per heavy atom. The minimum Gasteiger partial charge on any atom is -0.360 e. The van der Waals surface area contributed by atoms with Crippen LogP contribution in [0, 0.1) is 15.5 Å². The first-order valence-electron chi connectivity index (χ1n) is 5.85. The predicted molar refractivity (Wildman–Crippen MR) is 72.6 cm³/mol. The van der Waals surface area contributed by atoms with E-state index in [1.807, 2.05) is 6.92 Å². The molecule has 1 saturated heterocycles. The zero-order chi connectivity index (χ0) is 13.4. The van der Waals surface area contributed by atoms with E-state index in [1.165, 1.54) is 12.1 Å². The van der Waals surface area contributed by atoms with Gasteiger partial charge in [-0.15, -0.1) is 11.8 Å². The van der Waals surface area contributed by atoms with Crippen LogP contribution in [-0.4, -0.2) is 17.3 Å². The van der Waals surface area contributed by atoms with Crippen LogP contribution in [-0.2, 0) is 9.67 Å². The number of hydrogen-bond acceptors (Lipinski definition) is 4. The summed E-state index contributed by atoms with van der Waals surface area (Å²) in [5.41, 5.74) is 1.28. The lowest BCUT2D eigenvalue weighted by Crippen LogP contribution is -2.37. The smallest absolute Gasteiger partial charge is 0.269 e. The summed E-state index contributed by atoms with van der Waals surface area (Å²) >= 11 is 1.75. The van der Waals surface area contributed by atoms with E-state index >= 15 is 0 Å². The summed E-state index contributed by atoms with van der Waals surface area (Å²) < 4.78 is 5.96. The van der Waals surface area contributed by atoms with Gasteiger partial charge in [0.25, 0.3) is 5.69 Å². The first-order valence-corrected chi connectivity index (χ1v) is 6.84. The number of benzene rings is 1. The first-order chi connectivity index (χ1) is 8.32. The van der Waals surface area contributed by atoms with E-state index in [-0.39, 0.29) is 16.0 Å². The Bertz CT molecular complexity index is 446. The van der Waals surface area contributed by atoms with Crippen molar-refractivity contribution >= 4 is 17.4 Å². The van der Waals surface area contributed by atoms with Crippen LogP contribution >= 0.6 is 11.8 Å². The number of hydrogen-bond donors (Lipinski definition) is 0. The molecule has 18 heavy (non-hydrogen) atoms. The number of rotatable bonds is 2. The van der Waals surface area contributed by atoms with Gasteiger partial charge in [0.1, 0.15) is 4.93 Å². The van der Waals surface area contributed by atoms with Gasteiger partial charge in [-0.25, -0.2) is 0 Å². The molecule has 1 aliphatic heterocycles. The molecule has 1 heterocycles. The van der Waals surface area contributed by atoms with E-state index in [0.29, 0.717) is 6.61 Å². The maximum Gasteiger partial charge on any atom is 0.269 e. The molecule has 0 aromatic heterocycles. The quantitative estimate of drug-likeness (QED) is 0.607. The summed E-state index contributed by atoms with van der Waals surface area (Å²) in [6.07, 6.45) is 0. The van der Waals surface area contributed by atoms with Crippen molar-refractivity contribution in [1.82, 2.24) is 0 Å². The summed E-state index contributed by atoms with van der Waals surface area (Å²) in [5.74, 6) is 1.01. The van der Waals surface area contributed by atoms with Gasteiger partial charge in [0.05, 0.1) is 11.5 Å². The topological polar surface area (TPSA) is 52.4 Å². The van der Waals surface area contributed by atoms with Crippen LogP contribution in [0.25, 0.3) is 0 Å². The van der Waals surface area contributed by atoms with Gasteiger partial charge in [0.15, 0.2) is 0 Å². The van der Waals surface area contributed by atoms with Crippen molar-refractivity contribution in [2.24, 2.45) is 5.41 Å². The Hall–Kier alpha value is -1.07. The Labute approximate surface area is 111 Å². The van der Waals surface area contributed by atoms with Gasteiger partial charge in [0, 0.05) is 17.9 Å². The molecule has 0 bridgehead atoms. The molecular weight excluding hydrogens is 250 g/mol. The summed E-state index contributed by atoms with van der Waals surface area (Å²) in [5, 5.41) is 10.6. The van der Waals surface area contributed by atoms with Gasteiger partial charge < -0.3 is 4.74 Å². The molecule has 0 aliphatic carbocycles. The van der Waals surface area contributed by atoms with Crippen molar-refractivity contribution in [3.05, 3.63) is 39.9 Å². The molecular formula is C13H17NO3S. The first kappa shape index (κ1) is 13.4. The monoisotopic (exact) mass is 267 g/mol. The van der Waals surface area contributed by atoms with Crippen molar-refractivity contribution < 1.29 is 9.66 Å². The van der Waals surface area contributed by atoms with Crippen LogP contribution in [0.4, 0.5) is 5.69 Å². The van der Waals surface area contributed by atoms with Gasteiger partial charge in [-0.1, -0.05) is 13.8 Å². The molecule has 0 saturated carbocycles. The lowest BCUT2D eigenvalue weighted by atomic mass is 9.97. The molecule has 98 valence electrons. The maximum absolute atomic E-state index is 10.6. The van der Waals surface area contributed by atoms with Crippen LogP contribution in [0.1, 0.15) is 26.3 Å². The maximum atomic E-state index is 10.6. The molecule has 2 rings (SSSR count). The molecule has 0 amide bonds. The number of nitro groups is 1. The summed E-state index contributed by atoms with van der Waals surface area (Å²) in [7, 11) is 0. The number of non-ortho nitro benzene ring substituents is 1. The van der Waals surface area contributed by atoms with Crippen molar-refractivity contribution in [3.8, 4) is 0 Å². The molecule has 1 aliphatic rings. The Kier molecular flexibility index (Phi) is 3.38. The highest BCUT2D eigenvalue weighted by Gasteiger charge is 2.37. The van der Waals surface area contributed by atoms with E-state index in [0.717, 1.165) is 11.3 Å². The van der Waals surface area contributed by atoms with Crippen molar-refractivity contribution in [2.45, 2.75) is 25.7 Å². The Morgan fingerprint density at radius 2 is 1.89 bits per heavy atom. The highest BCUT2D eigenvalue weighted by molar-refractivity contribution is 8.00. The summed E-state index contributed by atoms with van der Waals surface area (Å²) in [4.78, 5) is 9.84. The third kappa shape index (κ3) is 2.67. The minimum atomic E-state index is -0.398. The lowest BCUT2D eigenvalue weighted by Gasteiger charge is -2.41. The van der Waals surface area contributed by atoms with Crippen LogP contribution < -0.4 is 0 Å². The van der Waals surface area contributed by atoms with Crippen LogP contribution in [0.15, 0.2) is 24.3 Å². The zero-order valence-corrected chi connectivity index (χ0v) is 11.6. The molecule has 0 N–H and O–H groups in total. The number of ether oxygens (including phenoxy) is 1. The van der Waals surface area contributed by atoms with E-state index in [9.17, 15) is 10.1 Å². The predicted octanol–water partition coefficient (Wildman–Crippen LogP) is 3.56. The average molecular weight is 267 g/mol. The summed E-state index contributed by atoms with van der Waals surface area (Å²) in [6, 6.07) is 6.63.